The first kappa shape index (κ1) is 34.1. The fourth-order valence-corrected chi connectivity index (χ4v) is 12.1. The first-order valence-electron chi connectivity index (χ1n) is 18.6. The van der Waals surface area contributed by atoms with Crippen molar-refractivity contribution >= 4 is 0 Å². The van der Waals surface area contributed by atoms with Gasteiger partial charge in [0.15, 0.2) is 0 Å². The molecule has 0 aromatic heterocycles. The van der Waals surface area contributed by atoms with Gasteiger partial charge < -0.3 is 25.2 Å². The Morgan fingerprint density at radius 3 is 0.744 bits per heavy atom. The minimum Gasteiger partial charge on any atom is -0.393 e. The van der Waals surface area contributed by atoms with Gasteiger partial charge in [0.1, 0.15) is 0 Å². The summed E-state index contributed by atoms with van der Waals surface area (Å²) in [5, 5.41) is 43.5. The summed E-state index contributed by atoms with van der Waals surface area (Å²) in [6, 6.07) is 0. The monoisotopic (exact) mass is 605 g/mol. The third-order valence-corrected chi connectivity index (χ3v) is 14.2. The zero-order valence-electron chi connectivity index (χ0n) is 28.8. The molecule has 5 aliphatic rings. The lowest BCUT2D eigenvalue weighted by Gasteiger charge is -2.49. The van der Waals surface area contributed by atoms with Gasteiger partial charge in [-0.15, -0.1) is 0 Å². The normalized spacial score (nSPS) is 54.7. The number of aliphatic hydroxyl groups is 4. The van der Waals surface area contributed by atoms with Gasteiger partial charge in [0.2, 0.25) is 0 Å². The summed E-state index contributed by atoms with van der Waals surface area (Å²) in [6.07, 6.45) is 10.6. The zero-order valence-corrected chi connectivity index (χ0v) is 28.8. The van der Waals surface area contributed by atoms with Gasteiger partial charge in [0.05, 0.1) is 36.6 Å². The van der Waals surface area contributed by atoms with Crippen molar-refractivity contribution in [2.24, 2.45) is 82.9 Å². The van der Waals surface area contributed by atoms with E-state index in [4.69, 9.17) is 4.74 Å². The van der Waals surface area contributed by atoms with Crippen LogP contribution in [0.3, 0.4) is 0 Å². The van der Waals surface area contributed by atoms with Gasteiger partial charge in [-0.2, -0.15) is 0 Å². The van der Waals surface area contributed by atoms with E-state index in [0.717, 1.165) is 64.2 Å². The highest BCUT2D eigenvalue weighted by molar-refractivity contribution is 5.00. The maximum Gasteiger partial charge on any atom is 0.0613 e. The molecule has 0 bridgehead atoms. The second-order valence-corrected chi connectivity index (χ2v) is 17.7. The van der Waals surface area contributed by atoms with Gasteiger partial charge in [-0.1, -0.05) is 55.4 Å². The third kappa shape index (κ3) is 7.07. The predicted octanol–water partition coefficient (Wildman–Crippen LogP) is 6.94. The van der Waals surface area contributed by atoms with Crippen molar-refractivity contribution in [2.45, 2.75) is 156 Å². The van der Waals surface area contributed by atoms with Crippen molar-refractivity contribution < 1.29 is 25.2 Å². The summed E-state index contributed by atoms with van der Waals surface area (Å²) >= 11 is 0. The van der Waals surface area contributed by atoms with Crippen LogP contribution in [-0.4, -0.2) is 57.0 Å². The summed E-state index contributed by atoms with van der Waals surface area (Å²) < 4.78 is 7.44. The van der Waals surface area contributed by atoms with Crippen LogP contribution in [0.5, 0.6) is 0 Å². The SMILES string of the molecule is CC1CC(C(C2CC(C)C(O)C(C)C2)C2CCC(C(C3CC(C)C(O)C(C)C3)C3CC(C)C(O)C(C)C3)O2)CC(C)C1O. The predicted molar refractivity (Wildman–Crippen MR) is 173 cm³/mol. The van der Waals surface area contributed by atoms with Crippen molar-refractivity contribution in [1.29, 1.82) is 0 Å². The number of ether oxygens (including phenoxy) is 1. The number of hydrogen-bond acceptors (Lipinski definition) is 5. The number of aliphatic hydroxyl groups excluding tert-OH is 4. The van der Waals surface area contributed by atoms with Crippen LogP contribution in [0, 0.1) is 82.9 Å². The molecule has 0 amide bonds. The summed E-state index contributed by atoms with van der Waals surface area (Å²) in [7, 11) is 0. The van der Waals surface area contributed by atoms with Crippen molar-refractivity contribution in [3.05, 3.63) is 0 Å². The van der Waals surface area contributed by atoms with Crippen LogP contribution in [0.15, 0.2) is 0 Å². The molecule has 10 atom stereocenters. The second kappa shape index (κ2) is 13.9. The van der Waals surface area contributed by atoms with Gasteiger partial charge in [-0.05, 0) is 147 Å². The molecule has 0 aromatic carbocycles. The lowest BCUT2D eigenvalue weighted by atomic mass is 9.60. The molecule has 1 aliphatic heterocycles. The van der Waals surface area contributed by atoms with E-state index in [9.17, 15) is 20.4 Å². The van der Waals surface area contributed by atoms with Gasteiger partial charge >= 0.3 is 0 Å². The molecule has 0 aromatic rings. The van der Waals surface area contributed by atoms with Crippen LogP contribution in [0.2, 0.25) is 0 Å². The number of rotatable bonds is 6. The molecule has 1 heterocycles. The fraction of sp³-hybridized carbons (Fsp3) is 1.00. The standard InChI is InChI=1S/C38H68O5/c1-19-11-27(12-20(2)35(19)39)33(28-13-21(3)36(40)22(4)14-28)31-9-10-32(43-31)34(29-15-23(5)37(41)24(6)16-29)30-17-25(7)38(42)26(8)18-30/h19-42H,9-18H2,1-8H3. The molecular formula is C38H68O5. The van der Waals surface area contributed by atoms with Gasteiger partial charge in [0.25, 0.3) is 0 Å². The first-order valence-corrected chi connectivity index (χ1v) is 18.6. The molecule has 4 saturated carbocycles. The van der Waals surface area contributed by atoms with E-state index in [-0.39, 0.29) is 36.6 Å². The Bertz CT molecular complexity index is 718. The smallest absolute Gasteiger partial charge is 0.0613 e. The van der Waals surface area contributed by atoms with E-state index in [1.165, 1.54) is 0 Å². The molecule has 43 heavy (non-hydrogen) atoms. The topological polar surface area (TPSA) is 90.2 Å². The molecule has 4 aliphatic carbocycles. The summed E-state index contributed by atoms with van der Waals surface area (Å²) in [4.78, 5) is 0. The van der Waals surface area contributed by atoms with Crippen molar-refractivity contribution in [3.63, 3.8) is 0 Å². The molecule has 1 saturated heterocycles. The Hall–Kier alpha value is -0.200. The van der Waals surface area contributed by atoms with Crippen molar-refractivity contribution in [1.82, 2.24) is 0 Å². The minimum atomic E-state index is -0.208. The van der Waals surface area contributed by atoms with Gasteiger partial charge in [0, 0.05) is 0 Å². The maximum atomic E-state index is 10.9. The molecule has 0 radical (unpaired) electrons. The molecule has 0 spiro atoms. The summed E-state index contributed by atoms with van der Waals surface area (Å²) in [5.74, 6) is 5.75. The first-order chi connectivity index (χ1) is 20.3. The van der Waals surface area contributed by atoms with Crippen molar-refractivity contribution in [2.75, 3.05) is 0 Å². The highest BCUT2D eigenvalue weighted by Gasteiger charge is 2.51. The Balaban J connectivity index is 1.42. The third-order valence-electron chi connectivity index (χ3n) is 14.2. The molecule has 5 nitrogen and oxygen atoms in total. The second-order valence-electron chi connectivity index (χ2n) is 17.7. The minimum absolute atomic E-state index is 0.208. The Morgan fingerprint density at radius 1 is 0.372 bits per heavy atom. The fourth-order valence-electron chi connectivity index (χ4n) is 12.1. The average molecular weight is 605 g/mol. The molecule has 4 N–H and O–H groups in total. The van der Waals surface area contributed by atoms with Crippen LogP contribution in [-0.2, 0) is 4.74 Å². The van der Waals surface area contributed by atoms with E-state index < -0.39 is 0 Å². The molecule has 5 rings (SSSR count). The Morgan fingerprint density at radius 2 is 0.558 bits per heavy atom. The van der Waals surface area contributed by atoms with Crippen LogP contribution in [0.4, 0.5) is 0 Å². The average Bonchev–Trinajstić information content (AvgIpc) is 3.40. The highest BCUT2D eigenvalue weighted by atomic mass is 16.5. The molecular weight excluding hydrogens is 536 g/mol. The van der Waals surface area contributed by atoms with Crippen LogP contribution in [0.1, 0.15) is 120 Å². The molecule has 5 heteroatoms. The van der Waals surface area contributed by atoms with E-state index in [1.807, 2.05) is 0 Å². The highest BCUT2D eigenvalue weighted by Crippen LogP contribution is 2.53. The summed E-state index contributed by atoms with van der Waals surface area (Å²) in [6.45, 7) is 18.0. The molecule has 10 unspecified atom stereocenters. The molecule has 5 fully saturated rings. The van der Waals surface area contributed by atoms with E-state index in [0.29, 0.717) is 82.9 Å². The lowest BCUT2D eigenvalue weighted by molar-refractivity contribution is -0.120. The maximum absolute atomic E-state index is 10.9. The quantitative estimate of drug-likeness (QED) is 0.264. The number of hydrogen-bond donors (Lipinski definition) is 4. The van der Waals surface area contributed by atoms with E-state index in [2.05, 4.69) is 55.4 Å². The van der Waals surface area contributed by atoms with E-state index >= 15 is 0 Å². The van der Waals surface area contributed by atoms with Crippen LogP contribution < -0.4 is 0 Å². The van der Waals surface area contributed by atoms with Crippen LogP contribution in [0.25, 0.3) is 0 Å². The Labute approximate surface area is 264 Å². The largest absolute Gasteiger partial charge is 0.393 e. The Kier molecular flexibility index (Phi) is 11.0. The lowest BCUT2D eigenvalue weighted by Crippen LogP contribution is -2.47. The summed E-state index contributed by atoms with van der Waals surface area (Å²) in [5.41, 5.74) is 0. The van der Waals surface area contributed by atoms with Gasteiger partial charge in [-0.3, -0.25) is 0 Å². The van der Waals surface area contributed by atoms with Crippen molar-refractivity contribution in [3.8, 4) is 0 Å². The van der Waals surface area contributed by atoms with Gasteiger partial charge in [-0.25, -0.2) is 0 Å². The molecule has 250 valence electrons. The zero-order chi connectivity index (χ0) is 31.3. The van der Waals surface area contributed by atoms with E-state index in [1.54, 1.807) is 0 Å². The van der Waals surface area contributed by atoms with Crippen LogP contribution >= 0.6 is 0 Å².